The fourth-order valence-corrected chi connectivity index (χ4v) is 15.0. The van der Waals surface area contributed by atoms with Crippen molar-refractivity contribution in [3.8, 4) is 0 Å². The van der Waals surface area contributed by atoms with E-state index >= 15 is 37.5 Å². The Hall–Kier alpha value is -8.78. The highest BCUT2D eigenvalue weighted by molar-refractivity contribution is 6.01. The lowest BCUT2D eigenvalue weighted by molar-refractivity contribution is -0.157. The number of nitrogens with zero attached hydrogens (tertiary/aromatic N) is 8. The molecule has 25 nitrogen and oxygen atoms in total. The fraction of sp³-hybridized carbons (Fsp3) is 0.649. The number of carbonyl (C=O) groups is 12. The summed E-state index contributed by atoms with van der Waals surface area (Å²) < 4.78 is 120. The minimum atomic E-state index is -5.46. The Morgan fingerprint density at radius 1 is 0.692 bits per heavy atom. The second-order valence-corrected chi connectivity index (χ2v) is 29.6. The second kappa shape index (κ2) is 35.5. The van der Waals surface area contributed by atoms with Gasteiger partial charge in [-0.05, 0) is 124 Å². The number of carbonyl (C=O) groups excluding carboxylic acids is 12. The monoisotopic (exact) mass is 1520 g/mol. The van der Waals surface area contributed by atoms with E-state index < -0.39 is 222 Å². The van der Waals surface area contributed by atoms with Crippen molar-refractivity contribution in [2.75, 3.05) is 82.1 Å². The van der Waals surface area contributed by atoms with Crippen LogP contribution in [0.1, 0.15) is 146 Å². The predicted octanol–water partition coefficient (Wildman–Crippen LogP) is 5.15. The van der Waals surface area contributed by atoms with E-state index in [0.717, 1.165) is 68.7 Å². The van der Waals surface area contributed by atoms with Gasteiger partial charge in [0.2, 0.25) is 70.9 Å². The van der Waals surface area contributed by atoms with Gasteiger partial charge in [0.15, 0.2) is 0 Å². The lowest BCUT2D eigenvalue weighted by Crippen LogP contribution is -2.68. The first-order valence-corrected chi connectivity index (χ1v) is 36.6. The molecule has 10 atom stereocenters. The van der Waals surface area contributed by atoms with Crippen molar-refractivity contribution >= 4 is 70.9 Å². The Labute approximate surface area is 617 Å². The van der Waals surface area contributed by atoms with Gasteiger partial charge in [-0.3, -0.25) is 57.5 Å². The summed E-state index contributed by atoms with van der Waals surface area (Å²) in [5.41, 5.74) is -5.24. The molecule has 33 heteroatoms. The van der Waals surface area contributed by atoms with Crippen molar-refractivity contribution in [2.45, 2.75) is 209 Å². The molecule has 2 aromatic rings. The van der Waals surface area contributed by atoms with Crippen LogP contribution in [0.15, 0.2) is 48.6 Å². The van der Waals surface area contributed by atoms with Gasteiger partial charge in [0, 0.05) is 81.9 Å². The van der Waals surface area contributed by atoms with Crippen LogP contribution in [-0.4, -0.2) is 252 Å². The number of amides is 12. The second-order valence-electron chi connectivity index (χ2n) is 29.6. The van der Waals surface area contributed by atoms with Gasteiger partial charge in [-0.15, -0.1) is 0 Å². The van der Waals surface area contributed by atoms with Crippen LogP contribution in [0.4, 0.5) is 35.1 Å². The van der Waals surface area contributed by atoms with E-state index in [1.54, 1.807) is 32.9 Å². The van der Waals surface area contributed by atoms with E-state index in [4.69, 9.17) is 4.74 Å². The zero-order chi connectivity index (χ0) is 78.9. The van der Waals surface area contributed by atoms with Crippen molar-refractivity contribution in [1.29, 1.82) is 0 Å². The summed E-state index contributed by atoms with van der Waals surface area (Å²) >= 11 is 0. The molecule has 4 N–H and O–H groups in total. The SMILES string of the molecule is CCO[C@@H]1C[C@H]2C(=O)NC3(CCC3)C(=O)N(C)[C@@H](C3CCCC3)C(=O)N(C)[C@H](C(=O)N(C)C)CC(=O)N(C)[C@@H](CC3CC3)C(=O)N[C@@H]([C@@H](C)CC)C(=O)NCC(=O)N(C)[C@H]3C/C=C\CCN(C3=O)[C@@H](Cc3ccc(C(F)(F)F)cc3)C(=O)N(C)CC(=O)N[C@H](CCc3cc(F)c(C(F)(F)F)c(F)c3)C(=O)N2C1. The molecule has 3 heterocycles. The minimum absolute atomic E-state index is 0.00547. The summed E-state index contributed by atoms with van der Waals surface area (Å²) in [7, 11) is 9.39. The maximum atomic E-state index is 15.5. The number of alkyl halides is 6. The number of halogens is 8. The van der Waals surface area contributed by atoms with Crippen LogP contribution in [0.2, 0.25) is 0 Å². The average Bonchev–Trinajstić information content (AvgIpc) is 1.61. The molecule has 0 unspecified atom stereocenters. The van der Waals surface area contributed by atoms with E-state index in [1.807, 2.05) is 0 Å². The van der Waals surface area contributed by atoms with E-state index in [1.165, 1.54) is 57.0 Å². The summed E-state index contributed by atoms with van der Waals surface area (Å²) in [6.45, 7) is 2.85. The summed E-state index contributed by atoms with van der Waals surface area (Å²) in [5.74, 6) is -15.1. The molecule has 2 saturated heterocycles. The number of likely N-dealkylation sites (N-methyl/N-ethyl adjacent to an activating group) is 6. The summed E-state index contributed by atoms with van der Waals surface area (Å²) in [5, 5.41) is 10.8. The number of hydrogen-bond acceptors (Lipinski definition) is 13. The van der Waals surface area contributed by atoms with E-state index in [2.05, 4.69) is 21.3 Å². The zero-order valence-corrected chi connectivity index (χ0v) is 62.2. The van der Waals surface area contributed by atoms with Crippen LogP contribution in [-0.2, 0) is 87.5 Å². The Kier molecular flexibility index (Phi) is 27.8. The first-order valence-electron chi connectivity index (χ1n) is 36.6. The van der Waals surface area contributed by atoms with E-state index in [0.29, 0.717) is 50.7 Å². The normalized spacial score (nSPS) is 26.8. The number of fused-ring (bicyclic) bond motifs is 3. The van der Waals surface area contributed by atoms with E-state index in [-0.39, 0.29) is 69.7 Å². The molecule has 0 radical (unpaired) electrons. The van der Waals surface area contributed by atoms with Gasteiger partial charge < -0.3 is 65.2 Å². The minimum Gasteiger partial charge on any atom is -0.377 e. The quantitative estimate of drug-likeness (QED) is 0.149. The first kappa shape index (κ1) is 83.9. The number of nitrogens with one attached hydrogen (secondary N) is 4. The number of hydrogen-bond donors (Lipinski definition) is 4. The molecule has 590 valence electrons. The molecular weight excluding hydrogens is 1420 g/mol. The van der Waals surface area contributed by atoms with Crippen molar-refractivity contribution in [2.24, 2.45) is 17.8 Å². The average molecular weight is 1520 g/mol. The highest BCUT2D eigenvalue weighted by atomic mass is 19.4. The Morgan fingerprint density at radius 3 is 1.91 bits per heavy atom. The summed E-state index contributed by atoms with van der Waals surface area (Å²) in [6.07, 6.45) is -5.83. The third-order valence-corrected chi connectivity index (χ3v) is 22.0. The number of aryl methyl sites for hydroxylation is 1. The van der Waals surface area contributed by atoms with Gasteiger partial charge in [0.25, 0.3) is 0 Å². The molecule has 2 aromatic carbocycles. The smallest absolute Gasteiger partial charge is 0.377 e. The molecule has 0 aromatic heterocycles. The predicted molar refractivity (Wildman–Crippen MR) is 372 cm³/mol. The highest BCUT2D eigenvalue weighted by Gasteiger charge is 2.54. The van der Waals surface area contributed by atoms with Gasteiger partial charge >= 0.3 is 12.4 Å². The maximum Gasteiger partial charge on any atom is 0.422 e. The molecule has 5 fully saturated rings. The molecular formula is C74H100F8N12O13. The maximum absolute atomic E-state index is 15.5. The van der Waals surface area contributed by atoms with Crippen molar-refractivity contribution in [3.05, 3.63) is 82.4 Å². The van der Waals surface area contributed by atoms with Gasteiger partial charge in [0.1, 0.15) is 71.1 Å². The third kappa shape index (κ3) is 20.1. The first-order chi connectivity index (χ1) is 50.3. The van der Waals surface area contributed by atoms with E-state index in [9.17, 15) is 55.1 Å². The topological polar surface area (TPSA) is 288 Å². The van der Waals surface area contributed by atoms with Gasteiger partial charge in [-0.1, -0.05) is 70.2 Å². The van der Waals surface area contributed by atoms with Crippen molar-refractivity contribution in [3.63, 3.8) is 0 Å². The fourth-order valence-electron chi connectivity index (χ4n) is 15.0. The number of benzene rings is 2. The largest absolute Gasteiger partial charge is 0.422 e. The van der Waals surface area contributed by atoms with Gasteiger partial charge in [-0.2, -0.15) is 26.3 Å². The Balaban J connectivity index is 1.21. The molecule has 107 heavy (non-hydrogen) atoms. The van der Waals surface area contributed by atoms with Crippen LogP contribution < -0.4 is 21.3 Å². The lowest BCUT2D eigenvalue weighted by atomic mass is 9.74. The van der Waals surface area contributed by atoms with Crippen molar-refractivity contribution < 1.29 is 97.4 Å². The molecule has 3 aliphatic carbocycles. The Morgan fingerprint density at radius 2 is 1.34 bits per heavy atom. The lowest BCUT2D eigenvalue weighted by Gasteiger charge is -2.46. The van der Waals surface area contributed by atoms with Crippen LogP contribution in [0, 0.1) is 29.4 Å². The summed E-state index contributed by atoms with van der Waals surface area (Å²) in [4.78, 5) is 188. The van der Waals surface area contributed by atoms with Crippen LogP contribution >= 0.6 is 0 Å². The number of rotatable bonds is 13. The Bertz CT molecular complexity index is 3640. The molecule has 12 amide bonds. The standard InChI is InChI=1S/C74H100F8N12O13/c1-11-42(3)61-65(100)83-39-59(97)89(7)52-21-14-13-17-32-93(69(52)104)56(36-44-24-27-47(28-25-44)73(77,78)79)68(103)88(6)41-57(95)84-51(29-26-45-33-49(75)60(50(76)34-45)74(80,81)82)66(101)94-40-48(107-12-2)37-54(94)64(99)86-72(30-18-31-72)71(106)92(10)62(46-19-15-16-20-46)70(105)91(9)55(67(102)87(4)5)38-58(96)90(8)53(63(98)85-61)35-43-22-23-43/h13-14,24-25,27-28,33-34,42-43,46,48,51-56,61-62H,11-12,15-23,26,29-32,35-41H2,1-10H3,(H,83,100)(H,84,95)(H,85,98)(H,86,99)/b14-13-/t42-,48+,51+,52-,53-,54-,55-,56-,61-,62-/m0/s1. The van der Waals surface area contributed by atoms with Crippen molar-refractivity contribution in [1.82, 2.24) is 60.5 Å². The molecule has 3 aliphatic heterocycles. The number of ether oxygens (including phenoxy) is 1. The molecule has 1 spiro atoms. The molecule has 3 saturated carbocycles. The van der Waals surface area contributed by atoms with Gasteiger partial charge in [0.05, 0.1) is 31.2 Å². The van der Waals surface area contributed by atoms with Crippen LogP contribution in [0.25, 0.3) is 0 Å². The van der Waals surface area contributed by atoms with Crippen LogP contribution in [0.3, 0.4) is 0 Å². The third-order valence-electron chi connectivity index (χ3n) is 22.0. The molecule has 2 bridgehead atoms. The van der Waals surface area contributed by atoms with Gasteiger partial charge in [-0.25, -0.2) is 8.78 Å². The molecule has 8 rings (SSSR count). The highest BCUT2D eigenvalue weighted by Crippen LogP contribution is 2.40. The summed E-state index contributed by atoms with van der Waals surface area (Å²) in [6, 6.07) is -7.22. The zero-order valence-electron chi connectivity index (χ0n) is 62.2. The molecule has 6 aliphatic rings. The van der Waals surface area contributed by atoms with Crippen LogP contribution in [0.5, 0.6) is 0 Å².